The second-order valence-electron chi connectivity index (χ2n) is 6.84. The van der Waals surface area contributed by atoms with Crippen molar-refractivity contribution in [2.45, 2.75) is 37.9 Å². The summed E-state index contributed by atoms with van der Waals surface area (Å²) in [5.41, 5.74) is 0. The average molecular weight is 280 g/mol. The molecule has 0 unspecified atom stereocenters. The van der Waals surface area contributed by atoms with E-state index in [2.05, 4.69) is 9.80 Å². The fourth-order valence-corrected chi connectivity index (χ4v) is 4.36. The monoisotopic (exact) mass is 280 g/mol. The molecule has 112 valence electrons. The number of piperidine rings is 6. The van der Waals surface area contributed by atoms with E-state index in [0.29, 0.717) is 11.8 Å². The number of nitrogens with zero attached hydrogens (tertiary/aromatic N) is 2. The van der Waals surface area contributed by atoms with Crippen molar-refractivity contribution in [2.75, 3.05) is 39.3 Å². The van der Waals surface area contributed by atoms with Gasteiger partial charge in [0.05, 0.1) is 0 Å². The maximum Gasteiger partial charge on any atom is 0.508 e. The second kappa shape index (κ2) is 5.19. The number of hydrogen-bond donors (Lipinski definition) is 0. The Labute approximate surface area is 120 Å². The fraction of sp³-hybridized carbons (Fsp3) is 0.933. The molecule has 0 radical (unpaired) electrons. The Morgan fingerprint density at radius 1 is 0.750 bits per heavy atom. The highest BCUT2D eigenvalue weighted by Crippen LogP contribution is 2.32. The Hall–Kier alpha value is -0.810. The summed E-state index contributed by atoms with van der Waals surface area (Å²) in [6, 6.07) is 0. The Kier molecular flexibility index (Phi) is 3.34. The zero-order valence-corrected chi connectivity index (χ0v) is 12.0. The van der Waals surface area contributed by atoms with Crippen molar-refractivity contribution >= 4 is 6.16 Å². The molecule has 5 heteroatoms. The van der Waals surface area contributed by atoms with Crippen molar-refractivity contribution < 1.29 is 14.3 Å². The Bertz CT molecular complexity index is 339. The standard InChI is InChI=1S/C15H24N2O3/c18-15(19-13-9-16-5-1-11(13)2-6-16)20-14-10-17-7-3-12(14)4-8-17/h11-14H,1-10H2/t13-,14-/m0/s1. The summed E-state index contributed by atoms with van der Waals surface area (Å²) in [6.07, 6.45) is 4.35. The van der Waals surface area contributed by atoms with Gasteiger partial charge in [-0.1, -0.05) is 0 Å². The van der Waals surface area contributed by atoms with E-state index in [1.807, 2.05) is 0 Å². The zero-order valence-electron chi connectivity index (χ0n) is 12.0. The summed E-state index contributed by atoms with van der Waals surface area (Å²) in [5.74, 6) is 1.11. The molecule has 6 aliphatic heterocycles. The van der Waals surface area contributed by atoms with E-state index in [1.54, 1.807) is 0 Å². The molecule has 4 bridgehead atoms. The fourth-order valence-electron chi connectivity index (χ4n) is 4.36. The van der Waals surface area contributed by atoms with Gasteiger partial charge in [-0.25, -0.2) is 4.79 Å². The zero-order chi connectivity index (χ0) is 13.5. The molecule has 0 saturated carbocycles. The van der Waals surface area contributed by atoms with Crippen molar-refractivity contribution in [1.82, 2.24) is 9.80 Å². The van der Waals surface area contributed by atoms with Crippen LogP contribution in [-0.2, 0) is 9.47 Å². The number of rotatable bonds is 2. The third-order valence-corrected chi connectivity index (χ3v) is 5.69. The third-order valence-electron chi connectivity index (χ3n) is 5.69. The molecule has 0 spiro atoms. The lowest BCUT2D eigenvalue weighted by Gasteiger charge is -2.45. The van der Waals surface area contributed by atoms with E-state index in [-0.39, 0.29) is 12.2 Å². The molecular weight excluding hydrogens is 256 g/mol. The smallest absolute Gasteiger partial charge is 0.429 e. The van der Waals surface area contributed by atoms with Crippen LogP contribution >= 0.6 is 0 Å². The summed E-state index contributed by atoms with van der Waals surface area (Å²) in [7, 11) is 0. The molecular formula is C15H24N2O3. The van der Waals surface area contributed by atoms with Crippen LogP contribution in [0.25, 0.3) is 0 Å². The quantitative estimate of drug-likeness (QED) is 0.714. The minimum Gasteiger partial charge on any atom is -0.429 e. The third kappa shape index (κ3) is 2.42. The molecule has 20 heavy (non-hydrogen) atoms. The normalized spacial score (nSPS) is 46.2. The van der Waals surface area contributed by atoms with Crippen molar-refractivity contribution in [1.29, 1.82) is 0 Å². The highest BCUT2D eigenvalue weighted by atomic mass is 16.7. The summed E-state index contributed by atoms with van der Waals surface area (Å²) in [6.45, 7) is 6.47. The van der Waals surface area contributed by atoms with E-state index in [9.17, 15) is 4.79 Å². The first-order valence-corrected chi connectivity index (χ1v) is 8.10. The Morgan fingerprint density at radius 2 is 1.15 bits per heavy atom. The number of carbonyl (C=O) groups is 1. The van der Waals surface area contributed by atoms with E-state index < -0.39 is 6.16 Å². The van der Waals surface area contributed by atoms with Crippen molar-refractivity contribution in [2.24, 2.45) is 11.8 Å². The lowest BCUT2D eigenvalue weighted by atomic mass is 9.86. The molecule has 6 fully saturated rings. The van der Waals surface area contributed by atoms with Gasteiger partial charge in [0.2, 0.25) is 0 Å². The molecule has 6 aliphatic rings. The summed E-state index contributed by atoms with van der Waals surface area (Å²) in [4.78, 5) is 16.8. The highest BCUT2D eigenvalue weighted by Gasteiger charge is 2.39. The summed E-state index contributed by atoms with van der Waals surface area (Å²) < 4.78 is 11.2. The molecule has 0 aromatic carbocycles. The van der Waals surface area contributed by atoms with Crippen LogP contribution in [0.3, 0.4) is 0 Å². The minimum absolute atomic E-state index is 0.0612. The maximum atomic E-state index is 12.1. The van der Waals surface area contributed by atoms with E-state index >= 15 is 0 Å². The maximum absolute atomic E-state index is 12.1. The molecule has 0 N–H and O–H groups in total. The lowest BCUT2D eigenvalue weighted by molar-refractivity contribution is -0.0937. The van der Waals surface area contributed by atoms with Crippen LogP contribution in [0.15, 0.2) is 0 Å². The van der Waals surface area contributed by atoms with Gasteiger partial charge in [-0.3, -0.25) is 9.80 Å². The van der Waals surface area contributed by atoms with Gasteiger partial charge in [-0.15, -0.1) is 0 Å². The van der Waals surface area contributed by atoms with Crippen molar-refractivity contribution in [3.05, 3.63) is 0 Å². The van der Waals surface area contributed by atoms with Gasteiger partial charge in [-0.2, -0.15) is 0 Å². The van der Waals surface area contributed by atoms with Crippen LogP contribution in [0, 0.1) is 11.8 Å². The van der Waals surface area contributed by atoms with Crippen LogP contribution < -0.4 is 0 Å². The minimum atomic E-state index is -0.428. The predicted octanol–water partition coefficient (Wildman–Crippen LogP) is 1.33. The highest BCUT2D eigenvalue weighted by molar-refractivity contribution is 5.60. The SMILES string of the molecule is O=C(O[C@H]1CN2CCC1CC2)O[C@H]1CN2CCC1CC2. The lowest BCUT2D eigenvalue weighted by Crippen LogP contribution is -2.54. The molecule has 0 aromatic heterocycles. The topological polar surface area (TPSA) is 42.0 Å². The van der Waals surface area contributed by atoms with Crippen molar-refractivity contribution in [3.63, 3.8) is 0 Å². The Balaban J connectivity index is 1.30. The Morgan fingerprint density at radius 3 is 1.45 bits per heavy atom. The molecule has 6 rings (SSSR count). The van der Waals surface area contributed by atoms with Gasteiger partial charge in [0.15, 0.2) is 0 Å². The number of carbonyl (C=O) groups excluding carboxylic acids is 1. The van der Waals surface area contributed by atoms with Gasteiger partial charge in [-0.05, 0) is 63.7 Å². The van der Waals surface area contributed by atoms with E-state index in [0.717, 1.165) is 38.8 Å². The van der Waals surface area contributed by atoms with E-state index in [1.165, 1.54) is 26.2 Å². The van der Waals surface area contributed by atoms with Crippen LogP contribution in [0.2, 0.25) is 0 Å². The summed E-state index contributed by atoms with van der Waals surface area (Å²) >= 11 is 0. The molecule has 2 atom stereocenters. The molecule has 5 nitrogen and oxygen atoms in total. The largest absolute Gasteiger partial charge is 0.508 e. The van der Waals surface area contributed by atoms with Crippen LogP contribution in [0.5, 0.6) is 0 Å². The van der Waals surface area contributed by atoms with Gasteiger partial charge in [0.25, 0.3) is 0 Å². The van der Waals surface area contributed by atoms with Gasteiger partial charge in [0, 0.05) is 13.1 Å². The second-order valence-corrected chi connectivity index (χ2v) is 6.84. The van der Waals surface area contributed by atoms with Crippen molar-refractivity contribution in [3.8, 4) is 0 Å². The first-order chi connectivity index (χ1) is 9.78. The van der Waals surface area contributed by atoms with Crippen LogP contribution in [0.1, 0.15) is 25.7 Å². The van der Waals surface area contributed by atoms with Crippen LogP contribution in [-0.4, -0.2) is 67.4 Å². The number of ether oxygens (including phenoxy) is 2. The molecule has 0 aromatic rings. The van der Waals surface area contributed by atoms with E-state index in [4.69, 9.17) is 9.47 Å². The average Bonchev–Trinajstić information content (AvgIpc) is 2.49. The molecule has 0 aliphatic carbocycles. The van der Waals surface area contributed by atoms with Gasteiger partial charge in [0.1, 0.15) is 12.2 Å². The summed E-state index contributed by atoms with van der Waals surface area (Å²) in [5, 5.41) is 0. The molecule has 6 saturated heterocycles. The predicted molar refractivity (Wildman–Crippen MR) is 73.5 cm³/mol. The van der Waals surface area contributed by atoms with Gasteiger partial charge >= 0.3 is 6.16 Å². The first-order valence-electron chi connectivity index (χ1n) is 8.10. The van der Waals surface area contributed by atoms with Crippen LogP contribution in [0.4, 0.5) is 4.79 Å². The molecule has 6 heterocycles. The number of fused-ring (bicyclic) bond motifs is 6. The number of hydrogen-bond acceptors (Lipinski definition) is 5. The first kappa shape index (κ1) is 12.9. The van der Waals surface area contributed by atoms with Gasteiger partial charge < -0.3 is 9.47 Å². The molecule has 0 amide bonds.